The van der Waals surface area contributed by atoms with E-state index in [-0.39, 0.29) is 74.7 Å². The van der Waals surface area contributed by atoms with Gasteiger partial charge in [0.1, 0.15) is 50.1 Å². The fourth-order valence-electron chi connectivity index (χ4n) is 10.8. The van der Waals surface area contributed by atoms with Crippen molar-refractivity contribution in [3.63, 3.8) is 0 Å². The molecule has 46 nitrogen and oxygen atoms in total. The third-order valence-corrected chi connectivity index (χ3v) is 17.8. The summed E-state index contributed by atoms with van der Waals surface area (Å²) in [5, 5.41) is 188. The Hall–Kier alpha value is -19.3. The van der Waals surface area contributed by atoms with Crippen molar-refractivity contribution in [1.29, 1.82) is 0 Å². The lowest BCUT2D eigenvalue weighted by Crippen LogP contribution is -2.40. The number of carbonyl (C=O) groups is 12. The second kappa shape index (κ2) is 49.9. The van der Waals surface area contributed by atoms with Crippen molar-refractivity contribution < 1.29 is 211 Å². The van der Waals surface area contributed by atoms with Crippen LogP contribution in [0.5, 0.6) is 121 Å². The van der Waals surface area contributed by atoms with E-state index in [2.05, 4.69) is 16.0 Å². The van der Waals surface area contributed by atoms with Gasteiger partial charge in [0.2, 0.25) is 0 Å². The number of rotatable bonds is 31. The predicted octanol–water partition coefficient (Wildman–Crippen LogP) is 9.64. The van der Waals surface area contributed by atoms with Gasteiger partial charge in [0, 0.05) is 0 Å². The fourth-order valence-corrected chi connectivity index (χ4v) is 10.8. The minimum absolute atomic E-state index is 0.0784. The molecule has 46 heteroatoms. The minimum Gasteiger partial charge on any atom is -0.504 e. The van der Waals surface area contributed by atoms with Crippen molar-refractivity contribution in [3.05, 3.63) is 268 Å². The first kappa shape index (κ1) is 106. The molecule has 0 heterocycles. The maximum Gasteiger partial charge on any atom is 0.412 e. The summed E-state index contributed by atoms with van der Waals surface area (Å²) in [6, 6.07) is 45.5. The molecule has 736 valence electrons. The third-order valence-electron chi connectivity index (χ3n) is 17.8. The van der Waals surface area contributed by atoms with Gasteiger partial charge in [-0.1, -0.05) is 54.6 Å². The van der Waals surface area contributed by atoms with Gasteiger partial charge in [0.05, 0.1) is 69.7 Å². The van der Waals surface area contributed by atoms with Crippen LogP contribution in [0.1, 0.15) is 114 Å². The van der Waals surface area contributed by atoms with Crippen molar-refractivity contribution in [1.82, 2.24) is 16.0 Å². The first-order chi connectivity index (χ1) is 66.3. The van der Waals surface area contributed by atoms with E-state index >= 15 is 0 Å². The van der Waals surface area contributed by atoms with Gasteiger partial charge in [0.25, 0.3) is 0 Å². The summed E-state index contributed by atoms with van der Waals surface area (Å²) in [6.45, 7) is 1.30. The second-order valence-electron chi connectivity index (χ2n) is 29.6. The standard InChI is InChI=1S/C24H21NO12.C24H21NO10.C24H20O12.C22H25NO9/c26-16-6-12(7-17(27)20(16)30)22(32)35-11-15(10-25-24(34)37-14-4-2-1-3-5-14)36-23(33)13-8-18(28)21(31)19(29)9-13;26-18-8-6-14(10-20(18)28)22(30)33-13-17(12-25-24(32)35-16-4-2-1-3-5-16)34-23(31)15-7-9-19(27)21(29)11-15;25-16-4-1-12(7-19(16)28)22(31)34-10-15(36-24(33)14-3-6-18(27)21(30)9-14)11-35-23(32)13-2-5-17(26)20(29)8-13;1-22(2,3)32-21(29)23-11-15(31-20(28)13-7-5-4-6-8-13)12-30-19(27)14-9-16(24)18(26)17(25)10-14/h1-9,15,26-31H,10-11H2,(H,25,34);1-11,17,26-29H,12-13H2,(H,25,32);1-9,15,25-30H,10-11H2;4-10,15,24-26H,11-12H2,1-3H3,(H,23,29). The van der Waals surface area contributed by atoms with Crippen LogP contribution in [0.3, 0.4) is 0 Å². The zero-order chi connectivity index (χ0) is 103. The summed E-state index contributed by atoms with van der Waals surface area (Å²) in [7, 11) is 0. The summed E-state index contributed by atoms with van der Waals surface area (Å²) in [5.74, 6) is -20.2. The van der Waals surface area contributed by atoms with Crippen LogP contribution in [-0.4, -0.2) is 252 Å². The lowest BCUT2D eigenvalue weighted by atomic mass is 10.2. The van der Waals surface area contributed by atoms with Crippen molar-refractivity contribution in [2.75, 3.05) is 52.7 Å². The molecule has 11 rings (SSSR count). The maximum atomic E-state index is 12.5. The van der Waals surface area contributed by atoms with E-state index in [1.54, 1.807) is 87.5 Å². The van der Waals surface area contributed by atoms with Crippen molar-refractivity contribution in [2.45, 2.75) is 50.8 Å². The number of benzene rings is 11. The molecule has 0 aliphatic rings. The summed E-state index contributed by atoms with van der Waals surface area (Å²) in [6.07, 6.45) is -7.47. The number of phenols is 19. The van der Waals surface area contributed by atoms with Crippen LogP contribution in [0.25, 0.3) is 0 Å². The number of nitrogens with one attached hydrogen (secondary N) is 3. The van der Waals surface area contributed by atoms with Crippen molar-refractivity contribution in [3.8, 4) is 121 Å². The fraction of sp³-hybridized carbons (Fsp3) is 0.170. The van der Waals surface area contributed by atoms with E-state index in [9.17, 15) is 155 Å². The number of alkyl carbamates (subject to hydrolysis) is 1. The van der Waals surface area contributed by atoms with Crippen LogP contribution in [0.4, 0.5) is 14.4 Å². The summed E-state index contributed by atoms with van der Waals surface area (Å²) < 4.78 is 61.8. The molecule has 0 aliphatic heterocycles. The van der Waals surface area contributed by atoms with Crippen molar-refractivity contribution in [2.24, 2.45) is 0 Å². The Morgan fingerprint density at radius 1 is 0.229 bits per heavy atom. The number of carbonyl (C=O) groups excluding carboxylic acids is 12. The number of hydrogen-bond donors (Lipinski definition) is 22. The molecule has 0 aliphatic carbocycles. The molecule has 0 bridgehead atoms. The largest absolute Gasteiger partial charge is 0.504 e. The topological polar surface area (TPSA) is 736 Å². The number of hydrogen-bond acceptors (Lipinski definition) is 43. The molecule has 0 fully saturated rings. The number of para-hydroxylation sites is 2. The lowest BCUT2D eigenvalue weighted by molar-refractivity contribution is -0.0254. The Labute approximate surface area is 788 Å². The number of aromatic hydroxyl groups is 19. The van der Waals surface area contributed by atoms with Crippen LogP contribution >= 0.6 is 0 Å². The SMILES string of the molecule is CC(C)(C)OC(=O)NCC(COC(=O)c1cc(O)c(O)c(O)c1)OC(=O)c1ccccc1.O=C(NCC(COC(=O)c1cc(O)c(O)c(O)c1)OC(=O)c1cc(O)c(O)c(O)c1)Oc1ccccc1.O=C(NCC(COC(=O)c1ccc(O)c(O)c1)OC(=O)c1ccc(O)c(O)c1)Oc1ccccc1.O=C(OCC(COC(=O)c1ccc(O)c(O)c1)OC(=O)c1ccc(O)c(O)c1)c1ccc(O)c(O)c1. The highest BCUT2D eigenvalue weighted by Gasteiger charge is 2.30. The number of ether oxygens (including phenoxy) is 12. The smallest absolute Gasteiger partial charge is 0.412 e. The number of phenolic OH excluding ortho intramolecular Hbond substituents is 19. The van der Waals surface area contributed by atoms with E-state index in [4.69, 9.17) is 56.8 Å². The van der Waals surface area contributed by atoms with E-state index in [0.29, 0.717) is 0 Å². The maximum absolute atomic E-state index is 12.5. The molecular formula is C94H87N3O43. The van der Waals surface area contributed by atoms with Gasteiger partial charge < -0.3 is 170 Å². The monoisotopic (exact) mass is 1950 g/mol. The number of amides is 3. The van der Waals surface area contributed by atoms with Crippen LogP contribution in [0, 0.1) is 0 Å². The zero-order valence-corrected chi connectivity index (χ0v) is 73.0. The highest BCUT2D eigenvalue weighted by Crippen LogP contribution is 2.39. The molecular weight excluding hydrogens is 1860 g/mol. The van der Waals surface area contributed by atoms with Gasteiger partial charge in [-0.3, -0.25) is 0 Å². The van der Waals surface area contributed by atoms with E-state index < -0.39 is 251 Å². The molecule has 11 aromatic rings. The molecule has 3 unspecified atom stereocenters. The summed E-state index contributed by atoms with van der Waals surface area (Å²) in [4.78, 5) is 148. The Morgan fingerprint density at radius 3 is 0.700 bits per heavy atom. The van der Waals surface area contributed by atoms with Gasteiger partial charge in [-0.2, -0.15) is 0 Å². The predicted molar refractivity (Wildman–Crippen MR) is 473 cm³/mol. The first-order valence-electron chi connectivity index (χ1n) is 40.4. The highest BCUT2D eigenvalue weighted by molar-refractivity contribution is 5.96. The molecule has 3 amide bonds. The van der Waals surface area contributed by atoms with Crippen LogP contribution in [0.15, 0.2) is 218 Å². The van der Waals surface area contributed by atoms with E-state index in [0.717, 1.165) is 103 Å². The average Bonchev–Trinajstić information content (AvgIpc) is 0.834. The van der Waals surface area contributed by atoms with Gasteiger partial charge in [-0.15, -0.1) is 0 Å². The molecule has 0 radical (unpaired) electrons. The van der Waals surface area contributed by atoms with E-state index in [1.807, 2.05) is 0 Å². The summed E-state index contributed by atoms with van der Waals surface area (Å²) in [5.41, 5.74) is -2.05. The van der Waals surface area contributed by atoms with Gasteiger partial charge in [0.15, 0.2) is 134 Å². The van der Waals surface area contributed by atoms with Gasteiger partial charge >= 0.3 is 72.0 Å². The van der Waals surface area contributed by atoms with Crippen LogP contribution < -0.4 is 25.4 Å². The quantitative estimate of drug-likeness (QED) is 0.0109. The highest BCUT2D eigenvalue weighted by atomic mass is 16.6. The van der Waals surface area contributed by atoms with Crippen LogP contribution in [0.2, 0.25) is 0 Å². The molecule has 0 saturated carbocycles. The second-order valence-corrected chi connectivity index (χ2v) is 29.6. The van der Waals surface area contributed by atoms with Gasteiger partial charge in [-0.05, 0) is 185 Å². The van der Waals surface area contributed by atoms with Crippen molar-refractivity contribution >= 4 is 72.0 Å². The van der Waals surface area contributed by atoms with Crippen LogP contribution in [-0.2, 0) is 47.4 Å². The normalized spacial score (nSPS) is 11.2. The molecule has 140 heavy (non-hydrogen) atoms. The molecule has 0 spiro atoms. The summed E-state index contributed by atoms with van der Waals surface area (Å²) >= 11 is 0. The molecule has 11 aromatic carbocycles. The Kier molecular flexibility index (Phi) is 37.8. The molecule has 3 atom stereocenters. The first-order valence-corrected chi connectivity index (χ1v) is 40.4. The average molecular weight is 1950 g/mol. The Balaban J connectivity index is 0.000000229. The third kappa shape index (κ3) is 33.1. The van der Waals surface area contributed by atoms with Gasteiger partial charge in [-0.25, -0.2) is 57.5 Å². The minimum atomic E-state index is -1.35. The Morgan fingerprint density at radius 2 is 0.436 bits per heavy atom. The Bertz CT molecular complexity index is 6150. The number of esters is 9. The molecule has 22 N–H and O–H groups in total. The van der Waals surface area contributed by atoms with E-state index in [1.165, 1.54) is 48.5 Å². The lowest BCUT2D eigenvalue weighted by Gasteiger charge is -2.22. The molecule has 0 aromatic heterocycles. The molecule has 0 saturated heterocycles. The zero-order valence-electron chi connectivity index (χ0n) is 73.0.